The van der Waals surface area contributed by atoms with Crippen LogP contribution in [-0.2, 0) is 4.74 Å². The van der Waals surface area contributed by atoms with E-state index in [1.165, 1.54) is 0 Å². The Morgan fingerprint density at radius 2 is 1.92 bits per heavy atom. The molecule has 0 aliphatic carbocycles. The number of piperidine rings is 1. The highest BCUT2D eigenvalue weighted by molar-refractivity contribution is 7.98. The average molecular weight is 385 g/mol. The number of ether oxygens (including phenoxy) is 1. The van der Waals surface area contributed by atoms with Crippen LogP contribution >= 0.6 is 11.8 Å². The molecule has 2 aliphatic rings. The molecule has 2 unspecified atom stereocenters. The minimum absolute atomic E-state index is 0.152. The summed E-state index contributed by atoms with van der Waals surface area (Å²) >= 11 is 1.86. The molecule has 2 saturated heterocycles. The third-order valence-corrected chi connectivity index (χ3v) is 5.50. The van der Waals surface area contributed by atoms with E-state index < -0.39 is 5.60 Å². The summed E-state index contributed by atoms with van der Waals surface area (Å²) in [5, 5.41) is 6.94. The number of rotatable bonds is 6. The Balaban J connectivity index is 1.91. The molecule has 2 bridgehead atoms. The lowest BCUT2D eigenvalue weighted by molar-refractivity contribution is 0.00545. The third-order valence-electron chi connectivity index (χ3n) is 4.80. The molecule has 2 fully saturated rings. The van der Waals surface area contributed by atoms with Crippen LogP contribution in [0.4, 0.5) is 4.79 Å². The van der Waals surface area contributed by atoms with Crippen molar-refractivity contribution in [1.82, 2.24) is 15.5 Å². The standard InChI is InChI=1S/C19H36N4O2S/c1-6-20-17(21-10-7-11-26-5)22-14-12-15-8-9-16(13-14)23(15)18(24)25-19(2,3)4/h14-16H,6-13H2,1-5H3,(H2,20,21,22). The van der Waals surface area contributed by atoms with Gasteiger partial charge in [0.15, 0.2) is 5.96 Å². The van der Waals surface area contributed by atoms with Crippen molar-refractivity contribution >= 4 is 23.8 Å². The van der Waals surface area contributed by atoms with Crippen LogP contribution in [0.2, 0.25) is 0 Å². The summed E-state index contributed by atoms with van der Waals surface area (Å²) in [5.41, 5.74) is -0.437. The first kappa shape index (κ1) is 21.2. The highest BCUT2D eigenvalue weighted by Gasteiger charge is 2.45. The fourth-order valence-corrected chi connectivity index (χ4v) is 4.24. The van der Waals surface area contributed by atoms with Gasteiger partial charge in [-0.3, -0.25) is 4.99 Å². The molecule has 2 N–H and O–H groups in total. The van der Waals surface area contributed by atoms with Gasteiger partial charge in [-0.1, -0.05) is 0 Å². The number of carbonyl (C=O) groups excluding carboxylic acids is 1. The molecule has 0 radical (unpaired) electrons. The van der Waals surface area contributed by atoms with Gasteiger partial charge in [-0.2, -0.15) is 11.8 Å². The van der Waals surface area contributed by atoms with E-state index in [4.69, 9.17) is 9.73 Å². The van der Waals surface area contributed by atoms with E-state index in [-0.39, 0.29) is 18.2 Å². The van der Waals surface area contributed by atoms with Gasteiger partial charge >= 0.3 is 6.09 Å². The van der Waals surface area contributed by atoms with Crippen LogP contribution in [0.25, 0.3) is 0 Å². The smallest absolute Gasteiger partial charge is 0.410 e. The molecule has 7 heteroatoms. The zero-order chi connectivity index (χ0) is 19.2. The fourth-order valence-electron chi connectivity index (χ4n) is 3.82. The Morgan fingerprint density at radius 3 is 2.46 bits per heavy atom. The Bertz CT molecular complexity index is 478. The molecule has 1 amide bonds. The number of carbonyl (C=O) groups is 1. The minimum atomic E-state index is -0.437. The summed E-state index contributed by atoms with van der Waals surface area (Å²) in [6.07, 6.45) is 7.14. The van der Waals surface area contributed by atoms with Gasteiger partial charge in [0.05, 0.1) is 0 Å². The van der Waals surface area contributed by atoms with Crippen molar-refractivity contribution in [3.8, 4) is 0 Å². The molecule has 150 valence electrons. The number of hydrogen-bond donors (Lipinski definition) is 2. The zero-order valence-corrected chi connectivity index (χ0v) is 17.8. The van der Waals surface area contributed by atoms with E-state index in [1.807, 2.05) is 37.4 Å². The summed E-state index contributed by atoms with van der Waals surface area (Å²) in [4.78, 5) is 19.2. The van der Waals surface area contributed by atoms with Crippen molar-refractivity contribution < 1.29 is 9.53 Å². The molecular weight excluding hydrogens is 348 g/mol. The summed E-state index contributed by atoms with van der Waals surface area (Å²) in [5.74, 6) is 2.05. The summed E-state index contributed by atoms with van der Waals surface area (Å²) < 4.78 is 5.62. The highest BCUT2D eigenvalue weighted by atomic mass is 32.2. The van der Waals surface area contributed by atoms with E-state index in [0.29, 0.717) is 6.04 Å². The lowest BCUT2D eigenvalue weighted by Gasteiger charge is -2.40. The third kappa shape index (κ3) is 6.25. The van der Waals surface area contributed by atoms with Crippen molar-refractivity contribution in [2.75, 3.05) is 25.1 Å². The summed E-state index contributed by atoms with van der Waals surface area (Å²) in [7, 11) is 0. The first-order valence-electron chi connectivity index (χ1n) is 9.89. The Hall–Kier alpha value is -1.11. The lowest BCUT2D eigenvalue weighted by Crippen LogP contribution is -2.55. The predicted molar refractivity (Wildman–Crippen MR) is 110 cm³/mol. The number of hydrogen-bond acceptors (Lipinski definition) is 4. The van der Waals surface area contributed by atoms with E-state index in [2.05, 4.69) is 23.8 Å². The Labute approximate surface area is 162 Å². The van der Waals surface area contributed by atoms with E-state index in [9.17, 15) is 4.79 Å². The van der Waals surface area contributed by atoms with Crippen molar-refractivity contribution in [3.63, 3.8) is 0 Å². The summed E-state index contributed by atoms with van der Waals surface area (Å²) in [6, 6.07) is 0.922. The molecule has 26 heavy (non-hydrogen) atoms. The van der Waals surface area contributed by atoms with Gasteiger partial charge in [0.25, 0.3) is 0 Å². The molecule has 0 aromatic heterocycles. The van der Waals surface area contributed by atoms with Gasteiger partial charge in [-0.25, -0.2) is 4.79 Å². The van der Waals surface area contributed by atoms with Gasteiger partial charge < -0.3 is 20.3 Å². The van der Waals surface area contributed by atoms with Crippen molar-refractivity contribution in [2.24, 2.45) is 4.99 Å². The molecule has 2 atom stereocenters. The van der Waals surface area contributed by atoms with E-state index in [1.54, 1.807) is 0 Å². The van der Waals surface area contributed by atoms with Crippen LogP contribution in [0.5, 0.6) is 0 Å². The first-order chi connectivity index (χ1) is 12.3. The SMILES string of the molecule is CCNC(=NCCCSC)NC1CC2CCC(C1)N2C(=O)OC(C)(C)C. The van der Waals surface area contributed by atoms with Crippen molar-refractivity contribution in [2.45, 2.75) is 83.5 Å². The number of guanidine groups is 1. The normalized spacial score (nSPS) is 26.0. The van der Waals surface area contributed by atoms with Gasteiger partial charge in [0.2, 0.25) is 0 Å². The summed E-state index contributed by atoms with van der Waals surface area (Å²) in [6.45, 7) is 9.58. The molecule has 0 saturated carbocycles. The molecule has 0 spiro atoms. The second kappa shape index (κ2) is 9.72. The van der Waals surface area contributed by atoms with Gasteiger partial charge in [-0.05, 0) is 71.8 Å². The monoisotopic (exact) mass is 384 g/mol. The van der Waals surface area contributed by atoms with Crippen LogP contribution in [0.3, 0.4) is 0 Å². The number of nitrogens with zero attached hydrogens (tertiary/aromatic N) is 2. The quantitative estimate of drug-likeness (QED) is 0.418. The van der Waals surface area contributed by atoms with Crippen LogP contribution in [0.1, 0.15) is 59.8 Å². The molecule has 6 nitrogen and oxygen atoms in total. The maximum atomic E-state index is 12.6. The first-order valence-corrected chi connectivity index (χ1v) is 11.3. The molecule has 2 aliphatic heterocycles. The molecular formula is C19H36N4O2S. The van der Waals surface area contributed by atoms with E-state index >= 15 is 0 Å². The van der Waals surface area contributed by atoms with Gasteiger partial charge in [-0.15, -0.1) is 0 Å². The number of amides is 1. The zero-order valence-electron chi connectivity index (χ0n) is 17.0. The fraction of sp³-hybridized carbons (Fsp3) is 0.895. The Morgan fingerprint density at radius 1 is 1.27 bits per heavy atom. The average Bonchev–Trinajstić information content (AvgIpc) is 2.82. The van der Waals surface area contributed by atoms with Crippen LogP contribution in [0, 0.1) is 0 Å². The number of thioether (sulfide) groups is 1. The molecule has 0 aromatic rings. The number of aliphatic imine (C=N–C) groups is 1. The topological polar surface area (TPSA) is 66.0 Å². The molecule has 2 heterocycles. The van der Waals surface area contributed by atoms with Crippen LogP contribution in [-0.4, -0.2) is 65.8 Å². The largest absolute Gasteiger partial charge is 0.444 e. The minimum Gasteiger partial charge on any atom is -0.444 e. The van der Waals surface area contributed by atoms with Gasteiger partial charge in [0, 0.05) is 31.2 Å². The van der Waals surface area contributed by atoms with Crippen molar-refractivity contribution in [1.29, 1.82) is 0 Å². The van der Waals surface area contributed by atoms with Gasteiger partial charge in [0.1, 0.15) is 5.60 Å². The van der Waals surface area contributed by atoms with Crippen molar-refractivity contribution in [3.05, 3.63) is 0 Å². The molecule has 2 rings (SSSR count). The van der Waals surface area contributed by atoms with E-state index in [0.717, 1.165) is 56.9 Å². The number of fused-ring (bicyclic) bond motifs is 2. The number of nitrogens with one attached hydrogen (secondary N) is 2. The molecule has 0 aromatic carbocycles. The Kier molecular flexibility index (Phi) is 7.92. The maximum absolute atomic E-state index is 12.6. The highest BCUT2D eigenvalue weighted by Crippen LogP contribution is 2.36. The second-order valence-electron chi connectivity index (χ2n) is 8.19. The van der Waals surface area contributed by atoms with Crippen LogP contribution < -0.4 is 10.6 Å². The lowest BCUT2D eigenvalue weighted by atomic mass is 9.98. The van der Waals surface area contributed by atoms with Crippen LogP contribution in [0.15, 0.2) is 4.99 Å². The maximum Gasteiger partial charge on any atom is 0.410 e. The second-order valence-corrected chi connectivity index (χ2v) is 9.18. The predicted octanol–water partition coefficient (Wildman–Crippen LogP) is 3.23.